The van der Waals surface area contributed by atoms with Crippen LogP contribution in [-0.2, 0) is 14.3 Å². The first-order chi connectivity index (χ1) is 13.9. The molecule has 0 aliphatic heterocycles. The number of rotatable bonds is 10. The first-order valence-corrected chi connectivity index (χ1v) is 10.1. The molecule has 0 saturated heterocycles. The van der Waals surface area contributed by atoms with E-state index in [1.54, 1.807) is 0 Å². The van der Waals surface area contributed by atoms with Crippen LogP contribution in [0.25, 0.3) is 0 Å². The predicted molar refractivity (Wildman–Crippen MR) is 104 cm³/mol. The number of carbonyl (C=O) groups excluding carboxylic acids is 1. The smallest absolute Gasteiger partial charge is 0.334 e. The van der Waals surface area contributed by atoms with Gasteiger partial charge in [-0.05, 0) is 30.6 Å². The van der Waals surface area contributed by atoms with Gasteiger partial charge in [0, 0.05) is 6.08 Å². The SMILES string of the molecule is CC1CCC(C(C)C)C(OC(=O)/C=C(/C(=O)O)C(O)[C@H](O)[C@@H](O)[C@H](O)[C@H](O)CO)C1. The Morgan fingerprint density at radius 2 is 1.63 bits per heavy atom. The number of aliphatic hydroxyl groups excluding tert-OH is 6. The van der Waals surface area contributed by atoms with Crippen molar-refractivity contribution in [1.82, 2.24) is 0 Å². The average molecular weight is 434 g/mol. The standard InChI is InChI=1S/C20H34O10/c1-9(2)11-5-4-10(3)6-14(11)30-15(23)7-12(20(28)29)16(24)18(26)19(27)17(25)13(22)8-21/h7,9-11,13-14,16-19,21-22,24-27H,4-6,8H2,1-3H3,(H,28,29)/b12-7+/t10?,11?,13-,14?,16?,17-,18+,19+/m1/s1. The van der Waals surface area contributed by atoms with Crippen molar-refractivity contribution < 1.29 is 50.1 Å². The molecule has 10 nitrogen and oxygen atoms in total. The van der Waals surface area contributed by atoms with Crippen LogP contribution in [-0.4, -0.2) is 90.9 Å². The van der Waals surface area contributed by atoms with Gasteiger partial charge in [0.1, 0.15) is 36.6 Å². The quantitative estimate of drug-likeness (QED) is 0.163. The number of aliphatic hydroxyl groups is 6. The molecule has 0 aromatic rings. The van der Waals surface area contributed by atoms with Gasteiger partial charge in [0.05, 0.1) is 12.2 Å². The summed E-state index contributed by atoms with van der Waals surface area (Å²) in [6.07, 6.45) is -7.99. The summed E-state index contributed by atoms with van der Waals surface area (Å²) in [5, 5.41) is 67.1. The fraction of sp³-hybridized carbons (Fsp3) is 0.800. The fourth-order valence-corrected chi connectivity index (χ4v) is 3.74. The first-order valence-electron chi connectivity index (χ1n) is 10.1. The van der Waals surface area contributed by atoms with Crippen molar-refractivity contribution in [2.75, 3.05) is 6.61 Å². The largest absolute Gasteiger partial charge is 0.478 e. The van der Waals surface area contributed by atoms with Crippen LogP contribution in [0.1, 0.15) is 40.0 Å². The second-order valence-corrected chi connectivity index (χ2v) is 8.37. The van der Waals surface area contributed by atoms with Crippen LogP contribution in [0.5, 0.6) is 0 Å². The van der Waals surface area contributed by atoms with Gasteiger partial charge in [-0.15, -0.1) is 0 Å². The molecule has 1 saturated carbocycles. The van der Waals surface area contributed by atoms with Gasteiger partial charge in [0.25, 0.3) is 0 Å². The van der Waals surface area contributed by atoms with Crippen LogP contribution >= 0.6 is 0 Å². The molecule has 0 aromatic carbocycles. The van der Waals surface area contributed by atoms with E-state index in [9.17, 15) is 40.2 Å². The monoisotopic (exact) mass is 434 g/mol. The summed E-state index contributed by atoms with van der Waals surface area (Å²) in [4.78, 5) is 23.8. The molecule has 0 spiro atoms. The number of carboxylic acids is 1. The Hall–Kier alpha value is -1.56. The number of carboxylic acid groups (broad SMARTS) is 1. The van der Waals surface area contributed by atoms with Crippen molar-refractivity contribution in [2.24, 2.45) is 17.8 Å². The lowest BCUT2D eigenvalue weighted by Crippen LogP contribution is -2.51. The Labute approximate surface area is 175 Å². The highest BCUT2D eigenvalue weighted by molar-refractivity contribution is 5.96. The third-order valence-corrected chi connectivity index (χ3v) is 5.67. The predicted octanol–water partition coefficient (Wildman–Crippen LogP) is -1.20. The average Bonchev–Trinajstić information content (AvgIpc) is 2.68. The second kappa shape index (κ2) is 11.7. The summed E-state index contributed by atoms with van der Waals surface area (Å²) in [5.41, 5.74) is -0.942. The Balaban J connectivity index is 2.96. The molecule has 7 N–H and O–H groups in total. The van der Waals surface area contributed by atoms with Gasteiger partial charge in [0.2, 0.25) is 0 Å². The summed E-state index contributed by atoms with van der Waals surface area (Å²) in [6, 6.07) is 0. The van der Waals surface area contributed by atoms with Crippen LogP contribution in [0.2, 0.25) is 0 Å². The van der Waals surface area contributed by atoms with E-state index in [0.717, 1.165) is 12.8 Å². The third kappa shape index (κ3) is 7.00. The molecule has 0 bridgehead atoms. The van der Waals surface area contributed by atoms with E-state index in [1.807, 2.05) is 20.8 Å². The van der Waals surface area contributed by atoms with Gasteiger partial charge in [-0.25, -0.2) is 9.59 Å². The fourth-order valence-electron chi connectivity index (χ4n) is 3.74. The summed E-state index contributed by atoms with van der Waals surface area (Å²) in [5.74, 6) is -2.05. The number of esters is 1. The molecule has 8 atom stereocenters. The van der Waals surface area contributed by atoms with E-state index in [1.165, 1.54) is 0 Å². The normalized spacial score (nSPS) is 27.8. The minimum atomic E-state index is -2.27. The maximum atomic E-state index is 12.3. The van der Waals surface area contributed by atoms with Crippen molar-refractivity contribution in [1.29, 1.82) is 0 Å². The van der Waals surface area contributed by atoms with Crippen molar-refractivity contribution in [3.63, 3.8) is 0 Å². The molecule has 0 aromatic heterocycles. The Morgan fingerprint density at radius 1 is 1.03 bits per heavy atom. The molecular weight excluding hydrogens is 400 g/mol. The van der Waals surface area contributed by atoms with Crippen LogP contribution in [0.4, 0.5) is 0 Å². The highest BCUT2D eigenvalue weighted by atomic mass is 16.5. The molecule has 30 heavy (non-hydrogen) atoms. The Morgan fingerprint density at radius 3 is 2.13 bits per heavy atom. The van der Waals surface area contributed by atoms with E-state index in [2.05, 4.69) is 0 Å². The van der Waals surface area contributed by atoms with Gasteiger partial charge in [0.15, 0.2) is 0 Å². The van der Waals surface area contributed by atoms with Crippen molar-refractivity contribution in [3.8, 4) is 0 Å². The lowest BCUT2D eigenvalue weighted by atomic mass is 9.75. The summed E-state index contributed by atoms with van der Waals surface area (Å²) < 4.78 is 5.45. The van der Waals surface area contributed by atoms with Gasteiger partial charge in [-0.3, -0.25) is 0 Å². The van der Waals surface area contributed by atoms with E-state index in [-0.39, 0.29) is 11.8 Å². The molecule has 174 valence electrons. The van der Waals surface area contributed by atoms with Gasteiger partial charge < -0.3 is 40.5 Å². The van der Waals surface area contributed by atoms with Crippen LogP contribution < -0.4 is 0 Å². The third-order valence-electron chi connectivity index (χ3n) is 5.67. The van der Waals surface area contributed by atoms with E-state index < -0.39 is 60.7 Å². The van der Waals surface area contributed by atoms with Gasteiger partial charge in [-0.2, -0.15) is 0 Å². The highest BCUT2D eigenvalue weighted by Gasteiger charge is 2.38. The molecule has 1 fully saturated rings. The maximum absolute atomic E-state index is 12.3. The minimum Gasteiger partial charge on any atom is -0.478 e. The van der Waals surface area contributed by atoms with Gasteiger partial charge >= 0.3 is 11.9 Å². The highest BCUT2D eigenvalue weighted by Crippen LogP contribution is 2.35. The molecular formula is C20H34O10. The topological polar surface area (TPSA) is 185 Å². The van der Waals surface area contributed by atoms with Crippen LogP contribution in [0.15, 0.2) is 11.6 Å². The minimum absolute atomic E-state index is 0.110. The molecule has 0 radical (unpaired) electrons. The molecule has 4 unspecified atom stereocenters. The van der Waals surface area contributed by atoms with Gasteiger partial charge in [-0.1, -0.05) is 27.2 Å². The maximum Gasteiger partial charge on any atom is 0.334 e. The number of aliphatic carboxylic acids is 1. The number of hydrogen-bond donors (Lipinski definition) is 7. The summed E-state index contributed by atoms with van der Waals surface area (Å²) in [6.45, 7) is 5.11. The van der Waals surface area contributed by atoms with Crippen molar-refractivity contribution >= 4 is 11.9 Å². The first kappa shape index (κ1) is 26.5. The molecule has 1 rings (SSSR count). The number of carbonyl (C=O) groups is 2. The molecule has 1 aliphatic carbocycles. The van der Waals surface area contributed by atoms with E-state index >= 15 is 0 Å². The summed E-state index contributed by atoms with van der Waals surface area (Å²) in [7, 11) is 0. The molecule has 0 heterocycles. The number of ether oxygens (including phenoxy) is 1. The van der Waals surface area contributed by atoms with E-state index in [0.29, 0.717) is 18.4 Å². The number of hydrogen-bond acceptors (Lipinski definition) is 9. The zero-order valence-electron chi connectivity index (χ0n) is 17.5. The summed E-state index contributed by atoms with van der Waals surface area (Å²) >= 11 is 0. The Bertz CT molecular complexity index is 604. The Kier molecular flexibility index (Phi) is 10.4. The molecule has 10 heteroatoms. The zero-order chi connectivity index (χ0) is 23.2. The lowest BCUT2D eigenvalue weighted by Gasteiger charge is -2.36. The zero-order valence-corrected chi connectivity index (χ0v) is 17.5. The van der Waals surface area contributed by atoms with E-state index in [4.69, 9.17) is 9.84 Å². The van der Waals surface area contributed by atoms with Crippen molar-refractivity contribution in [3.05, 3.63) is 11.6 Å². The molecule has 0 amide bonds. The van der Waals surface area contributed by atoms with Crippen LogP contribution in [0.3, 0.4) is 0 Å². The molecule has 1 aliphatic rings. The van der Waals surface area contributed by atoms with Crippen LogP contribution in [0, 0.1) is 17.8 Å². The lowest BCUT2D eigenvalue weighted by molar-refractivity contribution is -0.151. The second-order valence-electron chi connectivity index (χ2n) is 8.37. The van der Waals surface area contributed by atoms with Crippen molar-refractivity contribution in [2.45, 2.75) is 76.7 Å².